The van der Waals surface area contributed by atoms with Gasteiger partial charge in [0.15, 0.2) is 5.96 Å². The summed E-state index contributed by atoms with van der Waals surface area (Å²) in [6.07, 6.45) is 6.80. The van der Waals surface area contributed by atoms with Crippen LogP contribution in [0.5, 0.6) is 5.75 Å². The second kappa shape index (κ2) is 9.62. The quantitative estimate of drug-likeness (QED) is 0.616. The fraction of sp³-hybridized carbons (Fsp3) is 0.619. The number of likely N-dealkylation sites (tertiary alicyclic amines) is 1. The number of carbonyl (C=O) groups excluding carboxylic acids is 1. The number of aliphatic imine (C=N–C) groups is 1. The summed E-state index contributed by atoms with van der Waals surface area (Å²) in [6, 6.07) is 8.26. The summed E-state index contributed by atoms with van der Waals surface area (Å²) in [5, 5.41) is 6.82. The molecule has 148 valence electrons. The van der Waals surface area contributed by atoms with E-state index in [9.17, 15) is 4.79 Å². The van der Waals surface area contributed by atoms with Crippen molar-refractivity contribution in [1.82, 2.24) is 15.5 Å². The Bertz CT molecular complexity index is 638. The summed E-state index contributed by atoms with van der Waals surface area (Å²) in [5.41, 5.74) is 1.17. The van der Waals surface area contributed by atoms with Crippen LogP contribution in [-0.2, 0) is 11.3 Å². The number of carbonyl (C=O) groups is 1. The van der Waals surface area contributed by atoms with Gasteiger partial charge in [-0.25, -0.2) is 0 Å². The first kappa shape index (κ1) is 19.5. The summed E-state index contributed by atoms with van der Waals surface area (Å²) in [7, 11) is 3.45. The van der Waals surface area contributed by atoms with Crippen molar-refractivity contribution in [3.8, 4) is 5.75 Å². The Balaban J connectivity index is 1.45. The van der Waals surface area contributed by atoms with Gasteiger partial charge in [0.05, 0.1) is 7.11 Å². The number of nitrogens with zero attached hydrogens (tertiary/aromatic N) is 2. The maximum absolute atomic E-state index is 12.7. The monoisotopic (exact) mass is 372 g/mol. The van der Waals surface area contributed by atoms with Crippen LogP contribution in [-0.4, -0.2) is 50.1 Å². The van der Waals surface area contributed by atoms with E-state index in [2.05, 4.69) is 15.6 Å². The van der Waals surface area contributed by atoms with Crippen LogP contribution in [0.25, 0.3) is 0 Å². The molecular weight excluding hydrogens is 340 g/mol. The summed E-state index contributed by atoms with van der Waals surface area (Å²) in [5.74, 6) is 2.25. The van der Waals surface area contributed by atoms with Crippen molar-refractivity contribution in [2.24, 2.45) is 10.9 Å². The molecule has 1 saturated carbocycles. The molecule has 0 spiro atoms. The molecule has 2 fully saturated rings. The number of rotatable bonds is 5. The summed E-state index contributed by atoms with van der Waals surface area (Å²) < 4.78 is 5.19. The van der Waals surface area contributed by atoms with Gasteiger partial charge >= 0.3 is 0 Å². The number of methoxy groups -OCH3 is 1. The standard InChI is InChI=1S/C21H32N4O2/c1-22-21(23-14-16-8-10-19(27-2)11-9-16)24-18-12-13-25(15-18)20(26)17-6-4-3-5-7-17/h8-11,17-18H,3-7,12-15H2,1-2H3,(H2,22,23,24). The smallest absolute Gasteiger partial charge is 0.225 e. The van der Waals surface area contributed by atoms with Gasteiger partial charge in [-0.05, 0) is 37.0 Å². The topological polar surface area (TPSA) is 66.0 Å². The summed E-state index contributed by atoms with van der Waals surface area (Å²) in [4.78, 5) is 19.1. The third-order valence-electron chi connectivity index (χ3n) is 5.64. The first-order chi connectivity index (χ1) is 13.2. The highest BCUT2D eigenvalue weighted by Gasteiger charge is 2.31. The molecule has 0 radical (unpaired) electrons. The second-order valence-corrected chi connectivity index (χ2v) is 7.52. The highest BCUT2D eigenvalue weighted by Crippen LogP contribution is 2.26. The van der Waals surface area contributed by atoms with E-state index in [1.54, 1.807) is 14.2 Å². The third-order valence-corrected chi connectivity index (χ3v) is 5.64. The highest BCUT2D eigenvalue weighted by atomic mass is 16.5. The Hall–Kier alpha value is -2.24. The zero-order valence-electron chi connectivity index (χ0n) is 16.5. The molecule has 0 bridgehead atoms. The van der Waals surface area contributed by atoms with Gasteiger partial charge in [-0.2, -0.15) is 0 Å². The molecule has 0 aromatic heterocycles. The van der Waals surface area contributed by atoms with Crippen LogP contribution >= 0.6 is 0 Å². The van der Waals surface area contributed by atoms with Gasteiger partial charge in [0.1, 0.15) is 5.75 Å². The van der Waals surface area contributed by atoms with Crippen LogP contribution in [0.2, 0.25) is 0 Å². The number of ether oxygens (including phenoxy) is 1. The maximum atomic E-state index is 12.7. The molecule has 2 N–H and O–H groups in total. The Kier molecular flexibility index (Phi) is 6.96. The van der Waals surface area contributed by atoms with E-state index in [4.69, 9.17) is 4.74 Å². The van der Waals surface area contributed by atoms with Gasteiger partial charge in [0, 0.05) is 38.6 Å². The van der Waals surface area contributed by atoms with E-state index in [-0.39, 0.29) is 12.0 Å². The van der Waals surface area contributed by atoms with Gasteiger partial charge in [-0.3, -0.25) is 9.79 Å². The number of guanidine groups is 1. The molecule has 1 aromatic carbocycles. The molecule has 3 rings (SSSR count). The number of benzene rings is 1. The van der Waals surface area contributed by atoms with Crippen LogP contribution in [0.15, 0.2) is 29.3 Å². The lowest BCUT2D eigenvalue weighted by Gasteiger charge is -2.26. The molecule has 1 atom stereocenters. The third kappa shape index (κ3) is 5.37. The Morgan fingerprint density at radius 2 is 1.93 bits per heavy atom. The van der Waals surface area contributed by atoms with Gasteiger partial charge in [0.25, 0.3) is 0 Å². The highest BCUT2D eigenvalue weighted by molar-refractivity contribution is 5.81. The fourth-order valence-electron chi connectivity index (χ4n) is 4.00. The largest absolute Gasteiger partial charge is 0.497 e. The van der Waals surface area contributed by atoms with Crippen LogP contribution in [0, 0.1) is 5.92 Å². The van der Waals surface area contributed by atoms with Crippen LogP contribution in [0.1, 0.15) is 44.1 Å². The first-order valence-corrected chi connectivity index (χ1v) is 10.1. The SMILES string of the molecule is CN=C(NCc1ccc(OC)cc1)NC1CCN(C(=O)C2CCCCC2)C1. The molecule has 1 unspecified atom stereocenters. The average molecular weight is 373 g/mol. The molecule has 1 aliphatic heterocycles. The van der Waals surface area contributed by atoms with E-state index in [1.165, 1.54) is 24.8 Å². The molecule has 6 heteroatoms. The second-order valence-electron chi connectivity index (χ2n) is 7.52. The van der Waals surface area contributed by atoms with Crippen LogP contribution < -0.4 is 15.4 Å². The molecule has 27 heavy (non-hydrogen) atoms. The lowest BCUT2D eigenvalue weighted by Crippen LogP contribution is -2.45. The number of hydrogen-bond acceptors (Lipinski definition) is 3. The van der Waals surface area contributed by atoms with Gasteiger partial charge in [0.2, 0.25) is 5.91 Å². The van der Waals surface area contributed by atoms with Gasteiger partial charge < -0.3 is 20.3 Å². The van der Waals surface area contributed by atoms with E-state index in [0.717, 1.165) is 44.1 Å². The minimum Gasteiger partial charge on any atom is -0.497 e. The van der Waals surface area contributed by atoms with E-state index < -0.39 is 0 Å². The van der Waals surface area contributed by atoms with Crippen molar-refractivity contribution >= 4 is 11.9 Å². The normalized spacial score (nSPS) is 21.2. The summed E-state index contributed by atoms with van der Waals surface area (Å²) >= 11 is 0. The van der Waals surface area contributed by atoms with E-state index in [0.29, 0.717) is 12.5 Å². The van der Waals surface area contributed by atoms with E-state index in [1.807, 2.05) is 29.2 Å². The molecule has 2 aliphatic rings. The predicted molar refractivity (Wildman–Crippen MR) is 108 cm³/mol. The van der Waals surface area contributed by atoms with Crippen LogP contribution in [0.3, 0.4) is 0 Å². The Labute approximate surface area is 162 Å². The molecule has 6 nitrogen and oxygen atoms in total. The van der Waals surface area contributed by atoms with Gasteiger partial charge in [-0.1, -0.05) is 31.4 Å². The Morgan fingerprint density at radius 1 is 1.19 bits per heavy atom. The molecule has 1 saturated heterocycles. The number of amides is 1. The van der Waals surface area contributed by atoms with Crippen molar-refractivity contribution < 1.29 is 9.53 Å². The average Bonchev–Trinajstić information content (AvgIpc) is 3.20. The predicted octanol–water partition coefficient (Wildman–Crippen LogP) is 2.54. The van der Waals surface area contributed by atoms with Crippen molar-refractivity contribution in [1.29, 1.82) is 0 Å². The first-order valence-electron chi connectivity index (χ1n) is 10.1. The zero-order valence-corrected chi connectivity index (χ0v) is 16.5. The van der Waals surface area contributed by atoms with Crippen molar-refractivity contribution in [3.63, 3.8) is 0 Å². The molecule has 1 aliphatic carbocycles. The molecular formula is C21H32N4O2. The maximum Gasteiger partial charge on any atom is 0.225 e. The van der Waals surface area contributed by atoms with Gasteiger partial charge in [-0.15, -0.1) is 0 Å². The lowest BCUT2D eigenvalue weighted by molar-refractivity contribution is -0.135. The molecule has 1 aromatic rings. The lowest BCUT2D eigenvalue weighted by atomic mass is 9.88. The van der Waals surface area contributed by atoms with Crippen molar-refractivity contribution in [2.45, 2.75) is 51.1 Å². The number of hydrogen-bond donors (Lipinski definition) is 2. The fourth-order valence-corrected chi connectivity index (χ4v) is 4.00. The zero-order chi connectivity index (χ0) is 19.1. The van der Waals surface area contributed by atoms with Crippen molar-refractivity contribution in [2.75, 3.05) is 27.2 Å². The van der Waals surface area contributed by atoms with Crippen molar-refractivity contribution in [3.05, 3.63) is 29.8 Å². The van der Waals surface area contributed by atoms with E-state index >= 15 is 0 Å². The summed E-state index contributed by atoms with van der Waals surface area (Å²) in [6.45, 7) is 2.32. The molecule has 1 amide bonds. The van der Waals surface area contributed by atoms with Crippen LogP contribution in [0.4, 0.5) is 0 Å². The number of nitrogens with one attached hydrogen (secondary N) is 2. The Morgan fingerprint density at radius 3 is 2.59 bits per heavy atom. The minimum absolute atomic E-state index is 0.255. The minimum atomic E-state index is 0.255. The molecule has 1 heterocycles.